The maximum absolute atomic E-state index is 11.9. The molecule has 0 aliphatic rings. The van der Waals surface area contributed by atoms with E-state index in [9.17, 15) is 4.79 Å². The molecule has 0 radical (unpaired) electrons. The lowest BCUT2D eigenvalue weighted by Gasteiger charge is -2.05. The third-order valence-electron chi connectivity index (χ3n) is 3.81. The molecule has 1 aromatic carbocycles. The minimum absolute atomic E-state index is 0.332. The average Bonchev–Trinajstić information content (AvgIpc) is 3.29. The number of nitrogens with zero attached hydrogens (tertiary/aromatic N) is 3. The molecule has 0 atom stereocenters. The van der Waals surface area contributed by atoms with Crippen LogP contribution in [-0.2, 0) is 4.74 Å². The van der Waals surface area contributed by atoms with Gasteiger partial charge < -0.3 is 10.1 Å². The molecule has 4 rings (SSSR count). The summed E-state index contributed by atoms with van der Waals surface area (Å²) in [6, 6.07) is 13.1. The standard InChI is InChI=1S/C19H16N4O2S/c1-2-25-18(24)13-6-5-7-14(10-13)21-19-22-15(12-26-19)16-11-20-17-8-3-4-9-23(16)17/h3-12H,2H2,1H3,(H,21,22). The molecular weight excluding hydrogens is 348 g/mol. The number of hydrogen-bond donors (Lipinski definition) is 1. The van der Waals surface area contributed by atoms with Crippen LogP contribution in [0.4, 0.5) is 10.8 Å². The molecule has 1 N–H and O–H groups in total. The number of hydrogen-bond acceptors (Lipinski definition) is 6. The normalized spacial score (nSPS) is 10.8. The van der Waals surface area contributed by atoms with Crippen LogP contribution in [0.25, 0.3) is 17.0 Å². The number of anilines is 2. The lowest BCUT2D eigenvalue weighted by Crippen LogP contribution is -2.04. The van der Waals surface area contributed by atoms with Gasteiger partial charge in [-0.15, -0.1) is 11.3 Å². The SMILES string of the molecule is CCOC(=O)c1cccc(Nc2nc(-c3cnc4ccccn34)cs2)c1. The van der Waals surface area contributed by atoms with Crippen LogP contribution >= 0.6 is 11.3 Å². The van der Waals surface area contributed by atoms with Gasteiger partial charge in [-0.05, 0) is 37.3 Å². The summed E-state index contributed by atoms with van der Waals surface area (Å²) in [6.45, 7) is 2.14. The van der Waals surface area contributed by atoms with E-state index in [4.69, 9.17) is 4.74 Å². The van der Waals surface area contributed by atoms with Gasteiger partial charge in [0.1, 0.15) is 11.3 Å². The maximum atomic E-state index is 11.9. The Bertz CT molecular complexity index is 1070. The highest BCUT2D eigenvalue weighted by Gasteiger charge is 2.11. The number of benzene rings is 1. The molecule has 4 aromatic rings. The fourth-order valence-corrected chi connectivity index (χ4v) is 3.36. The Labute approximate surface area is 154 Å². The lowest BCUT2D eigenvalue weighted by molar-refractivity contribution is 0.0526. The number of carbonyl (C=O) groups is 1. The van der Waals surface area contributed by atoms with Crippen molar-refractivity contribution in [2.45, 2.75) is 6.92 Å². The molecule has 3 aromatic heterocycles. The van der Waals surface area contributed by atoms with Crippen LogP contribution in [0, 0.1) is 0 Å². The van der Waals surface area contributed by atoms with E-state index in [2.05, 4.69) is 15.3 Å². The van der Waals surface area contributed by atoms with E-state index in [-0.39, 0.29) is 5.97 Å². The molecule has 0 amide bonds. The maximum Gasteiger partial charge on any atom is 0.338 e. The highest BCUT2D eigenvalue weighted by molar-refractivity contribution is 7.14. The zero-order valence-electron chi connectivity index (χ0n) is 14.0. The van der Waals surface area contributed by atoms with E-state index < -0.39 is 0 Å². The smallest absolute Gasteiger partial charge is 0.338 e. The topological polar surface area (TPSA) is 68.5 Å². The number of fused-ring (bicyclic) bond motifs is 1. The summed E-state index contributed by atoms with van der Waals surface area (Å²) < 4.78 is 7.04. The summed E-state index contributed by atoms with van der Waals surface area (Å²) in [5.74, 6) is -0.332. The van der Waals surface area contributed by atoms with Crippen molar-refractivity contribution in [1.29, 1.82) is 0 Å². The quantitative estimate of drug-likeness (QED) is 0.532. The Morgan fingerprint density at radius 3 is 3.08 bits per heavy atom. The molecule has 0 saturated heterocycles. The van der Waals surface area contributed by atoms with Crippen molar-refractivity contribution in [2.75, 3.05) is 11.9 Å². The van der Waals surface area contributed by atoms with Crippen LogP contribution in [-0.4, -0.2) is 26.9 Å². The van der Waals surface area contributed by atoms with E-state index in [1.807, 2.05) is 52.5 Å². The van der Waals surface area contributed by atoms with Gasteiger partial charge in [0.25, 0.3) is 0 Å². The lowest BCUT2D eigenvalue weighted by atomic mass is 10.2. The van der Waals surface area contributed by atoms with Crippen molar-refractivity contribution >= 4 is 33.8 Å². The third kappa shape index (κ3) is 3.16. The largest absolute Gasteiger partial charge is 0.462 e. The molecule has 6 nitrogen and oxygen atoms in total. The third-order valence-corrected chi connectivity index (χ3v) is 4.57. The number of carbonyl (C=O) groups excluding carboxylic acids is 1. The van der Waals surface area contributed by atoms with Crippen molar-refractivity contribution in [3.63, 3.8) is 0 Å². The molecule has 26 heavy (non-hydrogen) atoms. The van der Waals surface area contributed by atoms with E-state index in [1.54, 1.807) is 19.1 Å². The second-order valence-corrected chi connectivity index (χ2v) is 6.39. The van der Waals surface area contributed by atoms with Crippen molar-refractivity contribution in [1.82, 2.24) is 14.4 Å². The first-order valence-electron chi connectivity index (χ1n) is 8.17. The molecule has 0 unspecified atom stereocenters. The van der Waals surface area contributed by atoms with Gasteiger partial charge in [-0.3, -0.25) is 4.40 Å². The van der Waals surface area contributed by atoms with E-state index in [1.165, 1.54) is 11.3 Å². The molecule has 0 bridgehead atoms. The number of rotatable bonds is 5. The highest BCUT2D eigenvalue weighted by Crippen LogP contribution is 2.28. The van der Waals surface area contributed by atoms with Gasteiger partial charge in [0.15, 0.2) is 5.13 Å². The molecule has 0 fully saturated rings. The highest BCUT2D eigenvalue weighted by atomic mass is 32.1. The summed E-state index contributed by atoms with van der Waals surface area (Å²) in [4.78, 5) is 20.9. The minimum atomic E-state index is -0.332. The zero-order chi connectivity index (χ0) is 17.9. The van der Waals surface area contributed by atoms with Gasteiger partial charge in [-0.1, -0.05) is 12.1 Å². The molecule has 0 spiro atoms. The van der Waals surface area contributed by atoms with Gasteiger partial charge in [0.05, 0.1) is 24.1 Å². The average molecular weight is 364 g/mol. The summed E-state index contributed by atoms with van der Waals surface area (Å²) in [5, 5.41) is 5.96. The first kappa shape index (κ1) is 16.3. The van der Waals surface area contributed by atoms with Gasteiger partial charge in [-0.25, -0.2) is 14.8 Å². The zero-order valence-corrected chi connectivity index (χ0v) is 14.9. The molecular formula is C19H16N4O2S. The molecule has 7 heteroatoms. The number of esters is 1. The van der Waals surface area contributed by atoms with Crippen LogP contribution in [0.5, 0.6) is 0 Å². The summed E-state index contributed by atoms with van der Waals surface area (Å²) in [6.07, 6.45) is 3.78. The minimum Gasteiger partial charge on any atom is -0.462 e. The van der Waals surface area contributed by atoms with Crippen LogP contribution < -0.4 is 5.32 Å². The van der Waals surface area contributed by atoms with Crippen LogP contribution in [0.2, 0.25) is 0 Å². The van der Waals surface area contributed by atoms with Crippen molar-refractivity contribution < 1.29 is 9.53 Å². The Balaban J connectivity index is 1.58. The summed E-state index contributed by atoms with van der Waals surface area (Å²) in [5.41, 5.74) is 3.96. The number of imidazole rings is 1. The second kappa shape index (κ2) is 6.97. The number of pyridine rings is 1. The Hall–Kier alpha value is -3.19. The monoisotopic (exact) mass is 364 g/mol. The first-order chi connectivity index (χ1) is 12.7. The van der Waals surface area contributed by atoms with Crippen LogP contribution in [0.15, 0.2) is 60.2 Å². The Morgan fingerprint density at radius 2 is 2.19 bits per heavy atom. The van der Waals surface area contributed by atoms with E-state index in [0.717, 1.165) is 27.9 Å². The Morgan fingerprint density at radius 1 is 1.27 bits per heavy atom. The van der Waals surface area contributed by atoms with Crippen molar-refractivity contribution in [2.24, 2.45) is 0 Å². The summed E-state index contributed by atoms with van der Waals surface area (Å²) in [7, 11) is 0. The number of aromatic nitrogens is 3. The molecule has 0 aliphatic carbocycles. The predicted octanol–water partition coefficient (Wildman–Crippen LogP) is 4.38. The van der Waals surface area contributed by atoms with Crippen LogP contribution in [0.3, 0.4) is 0 Å². The molecule has 0 saturated carbocycles. The summed E-state index contributed by atoms with van der Waals surface area (Å²) >= 11 is 1.50. The van der Waals surface area contributed by atoms with Crippen molar-refractivity contribution in [3.05, 3.63) is 65.8 Å². The Kier molecular flexibility index (Phi) is 4.37. The fraction of sp³-hybridized carbons (Fsp3) is 0.105. The van der Waals surface area contributed by atoms with Gasteiger partial charge in [0, 0.05) is 17.3 Å². The fourth-order valence-electron chi connectivity index (χ4n) is 2.63. The molecule has 3 heterocycles. The number of nitrogens with one attached hydrogen (secondary N) is 1. The van der Waals surface area contributed by atoms with E-state index in [0.29, 0.717) is 12.2 Å². The van der Waals surface area contributed by atoms with E-state index >= 15 is 0 Å². The number of ether oxygens (including phenoxy) is 1. The molecule has 130 valence electrons. The van der Waals surface area contributed by atoms with Crippen LogP contribution in [0.1, 0.15) is 17.3 Å². The van der Waals surface area contributed by atoms with Crippen molar-refractivity contribution in [3.8, 4) is 11.4 Å². The first-order valence-corrected chi connectivity index (χ1v) is 9.05. The van der Waals surface area contributed by atoms with Gasteiger partial charge in [0.2, 0.25) is 0 Å². The van der Waals surface area contributed by atoms with Gasteiger partial charge >= 0.3 is 5.97 Å². The number of thiazole rings is 1. The molecule has 0 aliphatic heterocycles. The predicted molar refractivity (Wildman–Crippen MR) is 102 cm³/mol. The van der Waals surface area contributed by atoms with Gasteiger partial charge in [-0.2, -0.15) is 0 Å². The second-order valence-electron chi connectivity index (χ2n) is 5.54.